The number of methoxy groups -OCH3 is 1. The zero-order valence-electron chi connectivity index (χ0n) is 12.7. The quantitative estimate of drug-likeness (QED) is 0.775. The molecule has 0 amide bonds. The van der Waals surface area contributed by atoms with Gasteiger partial charge < -0.3 is 15.2 Å². The molecule has 4 heteroatoms. The molecule has 2 aromatic rings. The molecule has 0 fully saturated rings. The molecule has 2 N–H and O–H groups in total. The van der Waals surface area contributed by atoms with Gasteiger partial charge in [-0.15, -0.1) is 19.0 Å². The minimum Gasteiger partial charge on any atom is -0.493 e. The fourth-order valence-electron chi connectivity index (χ4n) is 2.09. The van der Waals surface area contributed by atoms with Crippen molar-refractivity contribution in [2.24, 2.45) is 5.73 Å². The molecule has 0 saturated heterocycles. The van der Waals surface area contributed by atoms with Crippen LogP contribution in [0.5, 0.6) is 11.5 Å². The van der Waals surface area contributed by atoms with Gasteiger partial charge in [0.05, 0.1) is 7.11 Å². The van der Waals surface area contributed by atoms with Crippen LogP contribution in [-0.4, -0.2) is 7.11 Å². The van der Waals surface area contributed by atoms with Gasteiger partial charge in [0.1, 0.15) is 6.61 Å². The van der Waals surface area contributed by atoms with Gasteiger partial charge >= 0.3 is 0 Å². The fraction of sp³-hybridized carbons (Fsp3) is 0.222. The topological polar surface area (TPSA) is 44.5 Å². The molecular weight excluding hydrogens is 298 g/mol. The molecule has 0 aliphatic heterocycles. The molecule has 0 saturated carbocycles. The van der Waals surface area contributed by atoms with E-state index in [4.69, 9.17) is 15.2 Å². The number of hydrogen-bond acceptors (Lipinski definition) is 3. The maximum Gasteiger partial charge on any atom is 0.161 e. The van der Waals surface area contributed by atoms with E-state index in [1.807, 2.05) is 54.6 Å². The van der Waals surface area contributed by atoms with Crippen LogP contribution in [0.25, 0.3) is 0 Å². The first kappa shape index (κ1) is 18.1. The Morgan fingerprint density at radius 2 is 1.86 bits per heavy atom. The van der Waals surface area contributed by atoms with Crippen molar-refractivity contribution in [3.05, 3.63) is 72.3 Å². The highest BCUT2D eigenvalue weighted by Gasteiger charge is 2.10. The van der Waals surface area contributed by atoms with E-state index in [9.17, 15) is 0 Å². The van der Waals surface area contributed by atoms with Crippen molar-refractivity contribution < 1.29 is 9.47 Å². The summed E-state index contributed by atoms with van der Waals surface area (Å²) in [5.74, 6) is 1.42. The lowest BCUT2D eigenvalue weighted by atomic mass is 10.0. The highest BCUT2D eigenvalue weighted by Crippen LogP contribution is 2.31. The van der Waals surface area contributed by atoms with E-state index in [1.165, 1.54) is 0 Å². The standard InChI is InChI=1S/C18H21NO2.ClH/c1-3-7-16(19)15-10-11-17(18(12-15)20-2)21-13-14-8-5-4-6-9-14;/h3-6,8-12,16H,1,7,13,19H2,2H3;1H/t16-;/m0./s1. The van der Waals surface area contributed by atoms with Gasteiger partial charge in [-0.25, -0.2) is 0 Å². The van der Waals surface area contributed by atoms with Crippen LogP contribution in [-0.2, 0) is 6.61 Å². The fourth-order valence-corrected chi connectivity index (χ4v) is 2.09. The summed E-state index contributed by atoms with van der Waals surface area (Å²) in [5, 5.41) is 0. The van der Waals surface area contributed by atoms with E-state index in [0.717, 1.165) is 23.3 Å². The third kappa shape index (κ3) is 4.79. The Morgan fingerprint density at radius 1 is 1.14 bits per heavy atom. The van der Waals surface area contributed by atoms with Crippen LogP contribution in [0.2, 0.25) is 0 Å². The predicted molar refractivity (Wildman–Crippen MR) is 92.8 cm³/mol. The lowest BCUT2D eigenvalue weighted by molar-refractivity contribution is 0.284. The number of nitrogens with two attached hydrogens (primary N) is 1. The molecule has 0 aliphatic carbocycles. The molecule has 0 bridgehead atoms. The molecule has 1 atom stereocenters. The summed E-state index contributed by atoms with van der Waals surface area (Å²) in [6, 6.07) is 15.8. The van der Waals surface area contributed by atoms with Crippen LogP contribution in [0.3, 0.4) is 0 Å². The van der Waals surface area contributed by atoms with E-state index in [1.54, 1.807) is 7.11 Å². The number of halogens is 1. The highest BCUT2D eigenvalue weighted by atomic mass is 35.5. The Hall–Kier alpha value is -1.97. The van der Waals surface area contributed by atoms with E-state index >= 15 is 0 Å². The first-order valence-electron chi connectivity index (χ1n) is 6.95. The SMILES string of the molecule is C=CC[C@H](N)c1ccc(OCc2ccccc2)c(OC)c1.Cl. The molecular formula is C18H22ClNO2. The smallest absolute Gasteiger partial charge is 0.161 e. The summed E-state index contributed by atoms with van der Waals surface area (Å²) in [5.41, 5.74) is 8.21. The molecule has 0 radical (unpaired) electrons. The van der Waals surface area contributed by atoms with Crippen molar-refractivity contribution in [3.8, 4) is 11.5 Å². The Kier molecular flexibility index (Phi) is 7.50. The molecule has 0 unspecified atom stereocenters. The summed E-state index contributed by atoms with van der Waals surface area (Å²) in [4.78, 5) is 0. The molecule has 0 spiro atoms. The molecule has 0 aromatic heterocycles. The van der Waals surface area contributed by atoms with Crippen molar-refractivity contribution in [3.63, 3.8) is 0 Å². The third-order valence-electron chi connectivity index (χ3n) is 3.27. The van der Waals surface area contributed by atoms with E-state index < -0.39 is 0 Å². The maximum absolute atomic E-state index is 6.08. The Labute approximate surface area is 138 Å². The molecule has 118 valence electrons. The van der Waals surface area contributed by atoms with Gasteiger partial charge in [0.15, 0.2) is 11.5 Å². The van der Waals surface area contributed by atoms with Crippen LogP contribution in [0, 0.1) is 0 Å². The van der Waals surface area contributed by atoms with Gasteiger partial charge in [0.25, 0.3) is 0 Å². The second-order valence-electron chi connectivity index (χ2n) is 4.82. The number of rotatable bonds is 7. The lowest BCUT2D eigenvalue weighted by Crippen LogP contribution is -2.09. The maximum atomic E-state index is 6.08. The van der Waals surface area contributed by atoms with Crippen molar-refractivity contribution in [2.45, 2.75) is 19.1 Å². The Morgan fingerprint density at radius 3 is 2.50 bits per heavy atom. The van der Waals surface area contributed by atoms with Crippen LogP contribution in [0.1, 0.15) is 23.6 Å². The van der Waals surface area contributed by atoms with Crippen LogP contribution in [0.4, 0.5) is 0 Å². The average Bonchev–Trinajstić information content (AvgIpc) is 2.54. The molecule has 2 rings (SSSR count). The highest BCUT2D eigenvalue weighted by molar-refractivity contribution is 5.85. The lowest BCUT2D eigenvalue weighted by Gasteiger charge is -2.15. The third-order valence-corrected chi connectivity index (χ3v) is 3.27. The zero-order valence-corrected chi connectivity index (χ0v) is 13.5. The number of benzene rings is 2. The number of hydrogen-bond donors (Lipinski definition) is 1. The average molecular weight is 320 g/mol. The second kappa shape index (κ2) is 9.13. The van der Waals surface area contributed by atoms with Crippen molar-refractivity contribution >= 4 is 12.4 Å². The second-order valence-corrected chi connectivity index (χ2v) is 4.82. The van der Waals surface area contributed by atoms with E-state index in [0.29, 0.717) is 12.4 Å². The van der Waals surface area contributed by atoms with Crippen LogP contribution < -0.4 is 15.2 Å². The van der Waals surface area contributed by atoms with Gasteiger partial charge in [0.2, 0.25) is 0 Å². The van der Waals surface area contributed by atoms with Crippen LogP contribution in [0.15, 0.2) is 61.2 Å². The van der Waals surface area contributed by atoms with Crippen LogP contribution >= 0.6 is 12.4 Å². The molecule has 2 aromatic carbocycles. The molecule has 0 aliphatic rings. The number of ether oxygens (including phenoxy) is 2. The summed E-state index contributed by atoms with van der Waals surface area (Å²) in [6.07, 6.45) is 2.55. The summed E-state index contributed by atoms with van der Waals surface area (Å²) < 4.78 is 11.2. The van der Waals surface area contributed by atoms with Gasteiger partial charge in [-0.1, -0.05) is 42.5 Å². The summed E-state index contributed by atoms with van der Waals surface area (Å²) >= 11 is 0. The normalized spacial score (nSPS) is 11.2. The van der Waals surface area contributed by atoms with Gasteiger partial charge in [0, 0.05) is 6.04 Å². The largest absolute Gasteiger partial charge is 0.493 e. The Bertz CT molecular complexity index is 587. The van der Waals surface area contributed by atoms with E-state index in [-0.39, 0.29) is 18.4 Å². The van der Waals surface area contributed by atoms with Gasteiger partial charge in [-0.3, -0.25) is 0 Å². The van der Waals surface area contributed by atoms with Gasteiger partial charge in [-0.05, 0) is 29.7 Å². The van der Waals surface area contributed by atoms with Crippen molar-refractivity contribution in [1.82, 2.24) is 0 Å². The first-order valence-corrected chi connectivity index (χ1v) is 6.95. The minimum atomic E-state index is -0.0698. The minimum absolute atomic E-state index is 0. The molecule has 3 nitrogen and oxygen atoms in total. The molecule has 22 heavy (non-hydrogen) atoms. The predicted octanol–water partition coefficient (Wildman–Crippen LogP) is 4.27. The zero-order chi connectivity index (χ0) is 15.1. The van der Waals surface area contributed by atoms with Crippen molar-refractivity contribution in [1.29, 1.82) is 0 Å². The van der Waals surface area contributed by atoms with Crippen molar-refractivity contribution in [2.75, 3.05) is 7.11 Å². The van der Waals surface area contributed by atoms with E-state index in [2.05, 4.69) is 6.58 Å². The van der Waals surface area contributed by atoms with Gasteiger partial charge in [-0.2, -0.15) is 0 Å². The monoisotopic (exact) mass is 319 g/mol. The summed E-state index contributed by atoms with van der Waals surface area (Å²) in [7, 11) is 1.63. The summed E-state index contributed by atoms with van der Waals surface area (Å²) in [6.45, 7) is 4.22. The first-order chi connectivity index (χ1) is 10.2. The molecule has 0 heterocycles. The Balaban J connectivity index is 0.00000242.